The predicted molar refractivity (Wildman–Crippen MR) is 131 cm³/mol. The Morgan fingerprint density at radius 1 is 1.18 bits per heavy atom. The van der Waals surface area contributed by atoms with Gasteiger partial charge in [-0.2, -0.15) is 5.10 Å². The van der Waals surface area contributed by atoms with E-state index in [1.54, 1.807) is 14.2 Å². The fourth-order valence-corrected chi connectivity index (χ4v) is 4.54. The average molecular weight is 464 g/mol. The van der Waals surface area contributed by atoms with Crippen LogP contribution in [0.2, 0.25) is 0 Å². The van der Waals surface area contributed by atoms with Crippen molar-refractivity contribution in [1.82, 2.24) is 15.4 Å². The van der Waals surface area contributed by atoms with E-state index in [0.717, 1.165) is 52.3 Å². The number of hydrogen-bond donors (Lipinski definition) is 2. The summed E-state index contributed by atoms with van der Waals surface area (Å²) < 4.78 is 17.2. The molecule has 178 valence electrons. The first-order valence-corrected chi connectivity index (χ1v) is 11.4. The number of benzene rings is 2. The maximum Gasteiger partial charge on any atom is 0.145 e. The van der Waals surface area contributed by atoms with Crippen LogP contribution in [0.1, 0.15) is 28.8 Å². The van der Waals surface area contributed by atoms with Crippen LogP contribution in [0.25, 0.3) is 10.9 Å². The quantitative estimate of drug-likeness (QED) is 0.551. The number of aliphatic hydroxyl groups excluding tert-OH is 1. The number of hydrazone groups is 1. The zero-order valence-electron chi connectivity index (χ0n) is 19.6. The number of fused-ring (bicyclic) bond motifs is 2. The van der Waals surface area contributed by atoms with Crippen molar-refractivity contribution in [2.24, 2.45) is 5.10 Å². The Balaban J connectivity index is 1.61. The molecule has 9 heteroatoms. The summed E-state index contributed by atoms with van der Waals surface area (Å²) in [6, 6.07) is 9.98. The van der Waals surface area contributed by atoms with Crippen molar-refractivity contribution in [1.29, 1.82) is 0 Å². The lowest BCUT2D eigenvalue weighted by Crippen LogP contribution is -2.26. The van der Waals surface area contributed by atoms with Crippen molar-refractivity contribution < 1.29 is 19.3 Å². The Bertz CT molecular complexity index is 1230. The predicted octanol–water partition coefficient (Wildman–Crippen LogP) is 2.47. The Kier molecular flexibility index (Phi) is 6.10. The molecule has 0 fully saturated rings. The highest BCUT2D eigenvalue weighted by molar-refractivity contribution is 5.95. The summed E-state index contributed by atoms with van der Waals surface area (Å²) >= 11 is 0. The fourth-order valence-electron chi connectivity index (χ4n) is 4.54. The summed E-state index contributed by atoms with van der Waals surface area (Å²) in [5.41, 5.74) is 5.91. The van der Waals surface area contributed by atoms with Crippen molar-refractivity contribution >= 4 is 22.9 Å². The van der Waals surface area contributed by atoms with Crippen LogP contribution in [0.4, 0.5) is 5.82 Å². The number of methoxy groups -OCH3 is 2. The van der Waals surface area contributed by atoms with E-state index in [1.165, 1.54) is 0 Å². The molecule has 0 saturated carbocycles. The van der Waals surface area contributed by atoms with E-state index >= 15 is 0 Å². The molecular formula is C25H29N5O4. The maximum absolute atomic E-state index is 9.61. The summed E-state index contributed by atoms with van der Waals surface area (Å²) in [7, 11) is 5.24. The van der Waals surface area contributed by atoms with Gasteiger partial charge in [-0.25, -0.2) is 9.97 Å². The topological polar surface area (TPSA) is 101 Å². The smallest absolute Gasteiger partial charge is 0.145 e. The molecule has 2 aromatic carbocycles. The molecule has 9 nitrogen and oxygen atoms in total. The lowest BCUT2D eigenvalue weighted by molar-refractivity contribution is 0.257. The van der Waals surface area contributed by atoms with Crippen LogP contribution in [-0.2, 0) is 6.42 Å². The van der Waals surface area contributed by atoms with Gasteiger partial charge in [0.1, 0.15) is 34.4 Å². The normalized spacial score (nSPS) is 18.8. The Hall–Kier alpha value is -3.59. The van der Waals surface area contributed by atoms with Crippen LogP contribution >= 0.6 is 0 Å². The minimum Gasteiger partial charge on any atom is -0.497 e. The molecule has 2 atom stereocenters. The highest BCUT2D eigenvalue weighted by atomic mass is 16.5. The zero-order chi connectivity index (χ0) is 23.7. The van der Waals surface area contributed by atoms with Gasteiger partial charge in [-0.15, -0.1) is 0 Å². The third-order valence-corrected chi connectivity index (χ3v) is 6.43. The van der Waals surface area contributed by atoms with Crippen molar-refractivity contribution in [2.75, 3.05) is 52.5 Å². The monoisotopic (exact) mass is 463 g/mol. The molecule has 0 saturated heterocycles. The van der Waals surface area contributed by atoms with E-state index in [2.05, 4.69) is 16.6 Å². The number of likely N-dealkylation sites (N-methyl/N-ethyl adjacent to an activating group) is 1. The largest absolute Gasteiger partial charge is 0.497 e. The van der Waals surface area contributed by atoms with E-state index in [4.69, 9.17) is 24.2 Å². The number of nitrogens with one attached hydrogen (secondary N) is 1. The summed E-state index contributed by atoms with van der Waals surface area (Å²) in [5.74, 6) is 3.92. The van der Waals surface area contributed by atoms with Crippen LogP contribution in [0.5, 0.6) is 17.2 Å². The van der Waals surface area contributed by atoms with Gasteiger partial charge < -0.3 is 29.6 Å². The minimum absolute atomic E-state index is 0.0209. The molecule has 34 heavy (non-hydrogen) atoms. The van der Waals surface area contributed by atoms with Crippen LogP contribution < -0.4 is 24.5 Å². The van der Waals surface area contributed by atoms with Crippen molar-refractivity contribution in [3.05, 3.63) is 47.3 Å². The molecule has 0 amide bonds. The first kappa shape index (κ1) is 22.2. The lowest BCUT2D eigenvalue weighted by atomic mass is 9.95. The van der Waals surface area contributed by atoms with E-state index in [0.29, 0.717) is 24.7 Å². The first-order chi connectivity index (χ1) is 16.6. The summed E-state index contributed by atoms with van der Waals surface area (Å²) in [5, 5.41) is 14.6. The summed E-state index contributed by atoms with van der Waals surface area (Å²) in [6.45, 7) is 1.69. The molecule has 2 N–H and O–H groups in total. The van der Waals surface area contributed by atoms with Crippen molar-refractivity contribution in [3.8, 4) is 17.2 Å². The highest BCUT2D eigenvalue weighted by Crippen LogP contribution is 2.38. The van der Waals surface area contributed by atoms with Gasteiger partial charge in [-0.1, -0.05) is 0 Å². The zero-order valence-corrected chi connectivity index (χ0v) is 19.6. The lowest BCUT2D eigenvalue weighted by Gasteiger charge is -2.27. The molecule has 5 rings (SSSR count). The SMILES string of the molecule is COc1ccc2c(c1)CC(c1nc(N(C)CCO)c3cc(C4C=NNC4)cc(OC)c3n1)CO2. The number of aliphatic hydroxyl groups is 1. The summed E-state index contributed by atoms with van der Waals surface area (Å²) in [6.07, 6.45) is 2.64. The van der Waals surface area contributed by atoms with Gasteiger partial charge in [0, 0.05) is 37.7 Å². The van der Waals surface area contributed by atoms with Gasteiger partial charge in [0.05, 0.1) is 33.4 Å². The molecule has 3 heterocycles. The molecule has 2 aliphatic rings. The van der Waals surface area contributed by atoms with Crippen LogP contribution in [-0.4, -0.2) is 68.9 Å². The fraction of sp³-hybridized carbons (Fsp3) is 0.400. The molecule has 2 unspecified atom stereocenters. The molecule has 3 aromatic rings. The van der Waals surface area contributed by atoms with E-state index in [1.807, 2.05) is 42.4 Å². The van der Waals surface area contributed by atoms with Crippen molar-refractivity contribution in [3.63, 3.8) is 0 Å². The average Bonchev–Trinajstić information content (AvgIpc) is 3.42. The second-order valence-electron chi connectivity index (χ2n) is 8.60. The number of nitrogens with zero attached hydrogens (tertiary/aromatic N) is 4. The van der Waals surface area contributed by atoms with Gasteiger partial charge in [0.25, 0.3) is 0 Å². The number of aromatic nitrogens is 2. The molecule has 0 aliphatic carbocycles. The second kappa shape index (κ2) is 9.34. The molecule has 0 radical (unpaired) electrons. The Labute approximate surface area is 198 Å². The van der Waals surface area contributed by atoms with Gasteiger partial charge in [0.2, 0.25) is 0 Å². The number of ether oxygens (including phenoxy) is 3. The molecule has 0 bridgehead atoms. The maximum atomic E-state index is 9.61. The highest BCUT2D eigenvalue weighted by Gasteiger charge is 2.27. The Morgan fingerprint density at radius 3 is 2.79 bits per heavy atom. The standard InChI is InChI=1S/C25H29N5O4/c1-30(6-7-31)25-20-10-15(18-12-26-27-13-18)11-22(33-3)23(20)28-24(29-25)17-8-16-9-19(32-2)4-5-21(16)34-14-17/h4-5,9-12,17-18,27,31H,6-8,13-14H2,1-3H3. The second-order valence-corrected chi connectivity index (χ2v) is 8.60. The van der Waals surface area contributed by atoms with Gasteiger partial charge >= 0.3 is 0 Å². The van der Waals surface area contributed by atoms with Gasteiger partial charge in [-0.05, 0) is 47.9 Å². The molecule has 1 aromatic heterocycles. The van der Waals surface area contributed by atoms with Crippen molar-refractivity contribution in [2.45, 2.75) is 18.3 Å². The number of hydrogen-bond acceptors (Lipinski definition) is 9. The van der Waals surface area contributed by atoms with Crippen LogP contribution in [0, 0.1) is 0 Å². The minimum atomic E-state index is -0.0270. The first-order valence-electron chi connectivity index (χ1n) is 11.4. The molecule has 0 spiro atoms. The number of rotatable bonds is 7. The third-order valence-electron chi connectivity index (χ3n) is 6.43. The van der Waals surface area contributed by atoms with Gasteiger partial charge in [-0.3, -0.25) is 0 Å². The van der Waals surface area contributed by atoms with E-state index < -0.39 is 0 Å². The van der Waals surface area contributed by atoms with Crippen LogP contribution in [0.15, 0.2) is 35.4 Å². The Morgan fingerprint density at radius 2 is 2.06 bits per heavy atom. The number of anilines is 1. The van der Waals surface area contributed by atoms with E-state index in [9.17, 15) is 5.11 Å². The molecule has 2 aliphatic heterocycles. The summed E-state index contributed by atoms with van der Waals surface area (Å²) in [4.78, 5) is 11.9. The third kappa shape index (κ3) is 4.07. The molecular weight excluding hydrogens is 434 g/mol. The van der Waals surface area contributed by atoms with Crippen LogP contribution in [0.3, 0.4) is 0 Å². The van der Waals surface area contributed by atoms with E-state index in [-0.39, 0.29) is 18.4 Å². The van der Waals surface area contributed by atoms with Gasteiger partial charge in [0.15, 0.2) is 0 Å².